The molecule has 144 valence electrons. The predicted molar refractivity (Wildman–Crippen MR) is 114 cm³/mol. The smallest absolute Gasteiger partial charge is 0.363 e. The molecule has 1 aliphatic heterocycles. The Morgan fingerprint density at radius 2 is 1.83 bits per heavy atom. The number of aliphatic imine (C=N–C) groups is 1. The number of cyclic esters (lactones) is 1. The largest absolute Gasteiger partial charge is 0.489 e. The molecule has 3 aromatic carbocycles. The molecule has 0 radical (unpaired) electrons. The van der Waals surface area contributed by atoms with Crippen molar-refractivity contribution < 1.29 is 14.3 Å². The number of hydrogen-bond acceptors (Lipinski definition) is 4. The molecule has 1 heterocycles. The molecular weight excluding hydrogens is 386 g/mol. The van der Waals surface area contributed by atoms with E-state index in [1.165, 1.54) is 0 Å². The van der Waals surface area contributed by atoms with Crippen LogP contribution in [0.15, 0.2) is 83.5 Å². The van der Waals surface area contributed by atoms with Gasteiger partial charge in [0.2, 0.25) is 5.90 Å². The number of benzene rings is 3. The van der Waals surface area contributed by atoms with E-state index in [1.807, 2.05) is 79.7 Å². The number of rotatable bonds is 5. The summed E-state index contributed by atoms with van der Waals surface area (Å²) >= 11 is 5.90. The number of esters is 1. The second-order valence-corrected chi connectivity index (χ2v) is 7.13. The standard InChI is InChI=1S/C24H18ClNO3/c1-16-4-2-6-19(12-16)23-26-22(24(27)29-23)14-18-5-3-7-21(13-18)28-15-17-8-10-20(25)11-9-17/h2-14H,15H2,1H3/b22-14+. The van der Waals surface area contributed by atoms with E-state index in [9.17, 15) is 4.79 Å². The molecule has 0 saturated heterocycles. The van der Waals surface area contributed by atoms with Gasteiger partial charge >= 0.3 is 5.97 Å². The first-order valence-electron chi connectivity index (χ1n) is 9.14. The van der Waals surface area contributed by atoms with E-state index in [-0.39, 0.29) is 5.70 Å². The van der Waals surface area contributed by atoms with Crippen LogP contribution in [-0.2, 0) is 16.1 Å². The maximum absolute atomic E-state index is 12.2. The third-order valence-electron chi connectivity index (χ3n) is 4.37. The minimum atomic E-state index is -0.464. The highest BCUT2D eigenvalue weighted by atomic mass is 35.5. The fraction of sp³-hybridized carbons (Fsp3) is 0.0833. The molecule has 0 spiro atoms. The van der Waals surface area contributed by atoms with Gasteiger partial charge in [-0.25, -0.2) is 9.79 Å². The number of carbonyl (C=O) groups excluding carboxylic acids is 1. The van der Waals surface area contributed by atoms with Gasteiger partial charge in [0.1, 0.15) is 12.4 Å². The highest BCUT2D eigenvalue weighted by molar-refractivity contribution is 6.30. The maximum Gasteiger partial charge on any atom is 0.363 e. The molecule has 4 rings (SSSR count). The zero-order valence-electron chi connectivity index (χ0n) is 15.8. The number of ether oxygens (including phenoxy) is 2. The van der Waals surface area contributed by atoms with Crippen molar-refractivity contribution in [1.29, 1.82) is 0 Å². The summed E-state index contributed by atoms with van der Waals surface area (Å²) in [6.07, 6.45) is 1.69. The summed E-state index contributed by atoms with van der Waals surface area (Å²) in [4.78, 5) is 16.6. The van der Waals surface area contributed by atoms with Gasteiger partial charge in [-0.05, 0) is 60.5 Å². The normalized spacial score (nSPS) is 14.6. The van der Waals surface area contributed by atoms with Crippen LogP contribution in [0.3, 0.4) is 0 Å². The van der Waals surface area contributed by atoms with Gasteiger partial charge in [-0.2, -0.15) is 0 Å². The first-order valence-corrected chi connectivity index (χ1v) is 9.51. The second-order valence-electron chi connectivity index (χ2n) is 6.69. The molecule has 0 fully saturated rings. The Morgan fingerprint density at radius 1 is 1.03 bits per heavy atom. The molecule has 5 heteroatoms. The molecule has 29 heavy (non-hydrogen) atoms. The lowest BCUT2D eigenvalue weighted by Gasteiger charge is -2.07. The van der Waals surface area contributed by atoms with Gasteiger partial charge < -0.3 is 9.47 Å². The lowest BCUT2D eigenvalue weighted by Crippen LogP contribution is -2.05. The van der Waals surface area contributed by atoms with Crippen LogP contribution in [0.25, 0.3) is 6.08 Å². The van der Waals surface area contributed by atoms with Crippen LogP contribution in [-0.4, -0.2) is 11.9 Å². The van der Waals surface area contributed by atoms with Crippen LogP contribution >= 0.6 is 11.6 Å². The van der Waals surface area contributed by atoms with Crippen LogP contribution in [0, 0.1) is 6.92 Å². The van der Waals surface area contributed by atoms with E-state index < -0.39 is 5.97 Å². The van der Waals surface area contributed by atoms with Crippen molar-refractivity contribution in [2.24, 2.45) is 4.99 Å². The third kappa shape index (κ3) is 4.73. The molecule has 0 atom stereocenters. The minimum Gasteiger partial charge on any atom is -0.489 e. The number of aryl methyl sites for hydroxylation is 1. The van der Waals surface area contributed by atoms with E-state index in [0.717, 1.165) is 22.3 Å². The lowest BCUT2D eigenvalue weighted by molar-refractivity contribution is -0.129. The van der Waals surface area contributed by atoms with Crippen LogP contribution in [0.4, 0.5) is 0 Å². The van der Waals surface area contributed by atoms with Crippen LogP contribution < -0.4 is 4.74 Å². The molecule has 1 aliphatic rings. The molecule has 0 bridgehead atoms. The Morgan fingerprint density at radius 3 is 2.62 bits per heavy atom. The van der Waals surface area contributed by atoms with E-state index >= 15 is 0 Å². The van der Waals surface area contributed by atoms with Crippen molar-refractivity contribution in [2.75, 3.05) is 0 Å². The molecule has 3 aromatic rings. The van der Waals surface area contributed by atoms with Gasteiger partial charge in [0.25, 0.3) is 0 Å². The van der Waals surface area contributed by atoms with Crippen molar-refractivity contribution in [2.45, 2.75) is 13.5 Å². The van der Waals surface area contributed by atoms with E-state index in [0.29, 0.717) is 23.3 Å². The van der Waals surface area contributed by atoms with E-state index in [2.05, 4.69) is 4.99 Å². The first kappa shape index (κ1) is 19.0. The summed E-state index contributed by atoms with van der Waals surface area (Å²) in [6, 6.07) is 22.7. The fourth-order valence-electron chi connectivity index (χ4n) is 2.91. The summed E-state index contributed by atoms with van der Waals surface area (Å²) < 4.78 is 11.2. The average Bonchev–Trinajstić information content (AvgIpc) is 3.08. The molecule has 0 aliphatic carbocycles. The zero-order valence-corrected chi connectivity index (χ0v) is 16.5. The number of halogens is 1. The van der Waals surface area contributed by atoms with Gasteiger partial charge in [0.05, 0.1) is 0 Å². The lowest BCUT2D eigenvalue weighted by atomic mass is 10.1. The Hall–Kier alpha value is -3.37. The average molecular weight is 404 g/mol. The maximum atomic E-state index is 12.2. The molecule has 0 unspecified atom stereocenters. The Kier molecular flexibility index (Phi) is 5.45. The molecule has 4 nitrogen and oxygen atoms in total. The Balaban J connectivity index is 1.51. The molecular formula is C24H18ClNO3. The van der Waals surface area contributed by atoms with Gasteiger partial charge in [-0.15, -0.1) is 0 Å². The summed E-state index contributed by atoms with van der Waals surface area (Å²) in [5.74, 6) is 0.553. The monoisotopic (exact) mass is 403 g/mol. The predicted octanol–water partition coefficient (Wildman–Crippen LogP) is 5.57. The van der Waals surface area contributed by atoms with Crippen molar-refractivity contribution in [3.05, 3.63) is 106 Å². The molecule has 0 N–H and O–H groups in total. The fourth-order valence-corrected chi connectivity index (χ4v) is 3.04. The third-order valence-corrected chi connectivity index (χ3v) is 4.62. The first-order chi connectivity index (χ1) is 14.1. The van der Waals surface area contributed by atoms with Crippen molar-refractivity contribution >= 4 is 29.5 Å². The Bertz CT molecular complexity index is 1120. The highest BCUT2D eigenvalue weighted by Crippen LogP contribution is 2.22. The van der Waals surface area contributed by atoms with Crippen LogP contribution in [0.5, 0.6) is 5.75 Å². The van der Waals surface area contributed by atoms with Gasteiger partial charge in [-0.3, -0.25) is 0 Å². The van der Waals surface area contributed by atoms with E-state index in [4.69, 9.17) is 21.1 Å². The zero-order chi connectivity index (χ0) is 20.2. The van der Waals surface area contributed by atoms with Crippen LogP contribution in [0.2, 0.25) is 5.02 Å². The Labute approximate surface area is 174 Å². The quantitative estimate of drug-likeness (QED) is 0.413. The SMILES string of the molecule is Cc1cccc(C2=N/C(=C/c3cccc(OCc4ccc(Cl)cc4)c3)C(=O)O2)c1. The van der Waals surface area contributed by atoms with Gasteiger partial charge in [0.15, 0.2) is 5.70 Å². The highest BCUT2D eigenvalue weighted by Gasteiger charge is 2.24. The number of hydrogen-bond donors (Lipinski definition) is 0. The summed E-state index contributed by atoms with van der Waals surface area (Å²) in [6.45, 7) is 2.40. The summed E-state index contributed by atoms with van der Waals surface area (Å²) in [7, 11) is 0. The number of nitrogens with zero attached hydrogens (tertiary/aromatic N) is 1. The second kappa shape index (κ2) is 8.33. The van der Waals surface area contributed by atoms with Gasteiger partial charge in [-0.1, -0.05) is 53.6 Å². The minimum absolute atomic E-state index is 0.261. The summed E-state index contributed by atoms with van der Waals surface area (Å²) in [5.41, 5.74) is 3.94. The van der Waals surface area contributed by atoms with Crippen molar-refractivity contribution in [3.63, 3.8) is 0 Å². The van der Waals surface area contributed by atoms with E-state index in [1.54, 1.807) is 6.08 Å². The number of carbonyl (C=O) groups is 1. The summed E-state index contributed by atoms with van der Waals surface area (Å²) in [5, 5.41) is 0.691. The van der Waals surface area contributed by atoms with Crippen molar-refractivity contribution in [1.82, 2.24) is 0 Å². The van der Waals surface area contributed by atoms with Gasteiger partial charge in [0, 0.05) is 10.6 Å². The topological polar surface area (TPSA) is 47.9 Å². The molecule has 0 aromatic heterocycles. The van der Waals surface area contributed by atoms with Crippen molar-refractivity contribution in [3.8, 4) is 5.75 Å². The molecule has 0 amide bonds. The van der Waals surface area contributed by atoms with Crippen LogP contribution in [0.1, 0.15) is 22.3 Å². The molecule has 0 saturated carbocycles.